The smallest absolute Gasteiger partial charge is 0.0773 e. The quantitative estimate of drug-likeness (QED) is 0.223. The molecule has 0 aliphatic heterocycles. The van der Waals surface area contributed by atoms with Crippen molar-refractivity contribution in [3.8, 4) is 28.1 Å². The molecule has 1 N–H and O–H groups in total. The number of hydrogen-bond acceptors (Lipinski definition) is 0. The van der Waals surface area contributed by atoms with Crippen molar-refractivity contribution >= 4 is 43.6 Å². The molecular weight excluding hydrogens is 522 g/mol. The van der Waals surface area contributed by atoms with Crippen molar-refractivity contribution in [1.82, 2.24) is 14.1 Å². The van der Waals surface area contributed by atoms with Gasteiger partial charge in [-0.15, -0.1) is 0 Å². The van der Waals surface area contributed by atoms with Crippen LogP contribution in [0.4, 0.5) is 0 Å². The van der Waals surface area contributed by atoms with E-state index in [9.17, 15) is 0 Å². The highest BCUT2D eigenvalue weighted by molar-refractivity contribution is 6.17. The Morgan fingerprint density at radius 2 is 1.30 bits per heavy atom. The van der Waals surface area contributed by atoms with Crippen LogP contribution in [0.1, 0.15) is 38.1 Å². The maximum absolute atomic E-state index is 3.74. The van der Waals surface area contributed by atoms with Crippen molar-refractivity contribution in [2.75, 3.05) is 0 Å². The van der Waals surface area contributed by atoms with Gasteiger partial charge in [-0.25, -0.2) is 0 Å². The maximum atomic E-state index is 3.74. The molecule has 1 aliphatic rings. The molecule has 0 radical (unpaired) electrons. The fraction of sp³-hybridized carbons (Fsp3) is 0.150. The standard InChI is InChI=1S/C40H33N3/c1-3-11-27(12-4-1)37-34-16-7-9-17-35(34)41-38(37)28-19-22-30(23-20-28)42-26-25-29-21-24-33-32-15-8-10-18-36(32)43(40(33)39(29)42)31-13-5-2-6-14-31/h1,3-4,7-12,15-26,31,41H,2,5-6,13-14H2. The van der Waals surface area contributed by atoms with E-state index in [1.54, 1.807) is 0 Å². The second-order valence-corrected chi connectivity index (χ2v) is 12.1. The van der Waals surface area contributed by atoms with Crippen molar-refractivity contribution < 1.29 is 0 Å². The van der Waals surface area contributed by atoms with E-state index in [-0.39, 0.29) is 0 Å². The predicted octanol–water partition coefficient (Wildman–Crippen LogP) is 11.1. The van der Waals surface area contributed by atoms with Crippen LogP contribution in [0.5, 0.6) is 0 Å². The summed E-state index contributed by atoms with van der Waals surface area (Å²) in [7, 11) is 0. The second kappa shape index (κ2) is 9.78. The van der Waals surface area contributed by atoms with Crippen LogP contribution in [0, 0.1) is 0 Å². The summed E-state index contributed by atoms with van der Waals surface area (Å²) >= 11 is 0. The Kier molecular flexibility index (Phi) is 5.59. The average molecular weight is 556 g/mol. The van der Waals surface area contributed by atoms with Crippen molar-refractivity contribution in [1.29, 1.82) is 0 Å². The van der Waals surface area contributed by atoms with Crippen LogP contribution in [0.3, 0.4) is 0 Å². The molecule has 1 aliphatic carbocycles. The molecule has 9 rings (SSSR count). The Hall–Kier alpha value is -5.02. The molecular formula is C40H33N3. The minimum absolute atomic E-state index is 0.547. The molecule has 0 spiro atoms. The van der Waals surface area contributed by atoms with Gasteiger partial charge in [0.15, 0.2) is 0 Å². The molecule has 3 nitrogen and oxygen atoms in total. The van der Waals surface area contributed by atoms with Crippen LogP contribution in [0.2, 0.25) is 0 Å². The van der Waals surface area contributed by atoms with E-state index in [1.807, 2.05) is 0 Å². The number of rotatable bonds is 4. The lowest BCUT2D eigenvalue weighted by molar-refractivity contribution is 0.367. The molecule has 3 heterocycles. The molecule has 1 fully saturated rings. The fourth-order valence-corrected chi connectivity index (χ4v) is 7.69. The molecule has 5 aromatic carbocycles. The van der Waals surface area contributed by atoms with Crippen LogP contribution in [-0.2, 0) is 0 Å². The lowest BCUT2D eigenvalue weighted by Gasteiger charge is -2.25. The van der Waals surface area contributed by atoms with E-state index in [1.165, 1.54) is 92.6 Å². The number of aromatic nitrogens is 3. The minimum Gasteiger partial charge on any atom is -0.354 e. The summed E-state index contributed by atoms with van der Waals surface area (Å²) in [6, 6.07) is 44.9. The molecule has 0 unspecified atom stereocenters. The summed E-state index contributed by atoms with van der Waals surface area (Å²) in [5.41, 5.74) is 11.2. The van der Waals surface area contributed by atoms with Gasteiger partial charge in [-0.3, -0.25) is 0 Å². The molecule has 0 bridgehead atoms. The monoisotopic (exact) mass is 555 g/mol. The van der Waals surface area contributed by atoms with Gasteiger partial charge in [0.1, 0.15) is 0 Å². The molecule has 0 atom stereocenters. The SMILES string of the molecule is c1ccc(-c2c(-c3ccc(-n4ccc5ccc6c7ccccc7n(C7CCCCC7)c6c54)cc3)[nH]c3ccccc23)cc1. The Morgan fingerprint density at radius 3 is 2.14 bits per heavy atom. The summed E-state index contributed by atoms with van der Waals surface area (Å²) in [5.74, 6) is 0. The minimum atomic E-state index is 0.547. The first-order valence-corrected chi connectivity index (χ1v) is 15.6. The Bertz CT molecular complexity index is 2250. The average Bonchev–Trinajstić information content (AvgIpc) is 3.77. The number of aromatic amines is 1. The number of nitrogens with one attached hydrogen (secondary N) is 1. The van der Waals surface area contributed by atoms with Crippen LogP contribution < -0.4 is 0 Å². The van der Waals surface area contributed by atoms with E-state index >= 15 is 0 Å². The van der Waals surface area contributed by atoms with Gasteiger partial charge < -0.3 is 14.1 Å². The molecule has 208 valence electrons. The predicted molar refractivity (Wildman–Crippen MR) is 181 cm³/mol. The third kappa shape index (κ3) is 3.81. The van der Waals surface area contributed by atoms with Gasteiger partial charge in [-0.1, -0.05) is 110 Å². The van der Waals surface area contributed by atoms with Gasteiger partial charge in [0.2, 0.25) is 0 Å². The normalized spacial score (nSPS) is 14.4. The summed E-state index contributed by atoms with van der Waals surface area (Å²) in [6.07, 6.45) is 8.75. The summed E-state index contributed by atoms with van der Waals surface area (Å²) in [4.78, 5) is 3.74. The van der Waals surface area contributed by atoms with E-state index in [0.717, 1.165) is 11.2 Å². The number of H-pyrrole nitrogens is 1. The fourth-order valence-electron chi connectivity index (χ4n) is 7.69. The van der Waals surface area contributed by atoms with Gasteiger partial charge in [0.25, 0.3) is 0 Å². The van der Waals surface area contributed by atoms with E-state index in [2.05, 4.69) is 142 Å². The summed E-state index contributed by atoms with van der Waals surface area (Å²) < 4.78 is 5.09. The van der Waals surface area contributed by atoms with Gasteiger partial charge in [0, 0.05) is 56.1 Å². The lowest BCUT2D eigenvalue weighted by atomic mass is 9.95. The van der Waals surface area contributed by atoms with E-state index in [4.69, 9.17) is 0 Å². The van der Waals surface area contributed by atoms with Crippen molar-refractivity contribution in [3.05, 3.63) is 128 Å². The third-order valence-corrected chi connectivity index (χ3v) is 9.66. The largest absolute Gasteiger partial charge is 0.354 e. The van der Waals surface area contributed by atoms with Gasteiger partial charge in [-0.05, 0) is 54.3 Å². The van der Waals surface area contributed by atoms with E-state index < -0.39 is 0 Å². The zero-order valence-electron chi connectivity index (χ0n) is 24.1. The lowest BCUT2D eigenvalue weighted by Crippen LogP contribution is -2.13. The number of para-hydroxylation sites is 2. The Labute approximate surface area is 251 Å². The molecule has 8 aromatic rings. The van der Waals surface area contributed by atoms with Crippen LogP contribution >= 0.6 is 0 Å². The van der Waals surface area contributed by atoms with Crippen LogP contribution in [0.25, 0.3) is 71.7 Å². The number of hydrogen-bond donors (Lipinski definition) is 1. The first-order chi connectivity index (χ1) is 21.3. The zero-order chi connectivity index (χ0) is 28.3. The number of nitrogens with zero attached hydrogens (tertiary/aromatic N) is 2. The highest BCUT2D eigenvalue weighted by atomic mass is 15.1. The first-order valence-electron chi connectivity index (χ1n) is 15.6. The molecule has 43 heavy (non-hydrogen) atoms. The number of fused-ring (bicyclic) bond motifs is 6. The summed E-state index contributed by atoms with van der Waals surface area (Å²) in [5, 5.41) is 5.26. The first kappa shape index (κ1) is 24.6. The molecule has 3 aromatic heterocycles. The highest BCUT2D eigenvalue weighted by Gasteiger charge is 2.23. The molecule has 3 heteroatoms. The second-order valence-electron chi connectivity index (χ2n) is 12.1. The Balaban J connectivity index is 1.23. The Morgan fingerprint density at radius 1 is 0.558 bits per heavy atom. The van der Waals surface area contributed by atoms with Gasteiger partial charge >= 0.3 is 0 Å². The topological polar surface area (TPSA) is 25.6 Å². The highest BCUT2D eigenvalue weighted by Crippen LogP contribution is 2.42. The van der Waals surface area contributed by atoms with Crippen molar-refractivity contribution in [2.45, 2.75) is 38.1 Å². The van der Waals surface area contributed by atoms with E-state index in [0.29, 0.717) is 6.04 Å². The molecule has 0 amide bonds. The van der Waals surface area contributed by atoms with Gasteiger partial charge in [0.05, 0.1) is 16.7 Å². The van der Waals surface area contributed by atoms with Crippen molar-refractivity contribution in [3.63, 3.8) is 0 Å². The number of benzene rings is 5. The third-order valence-electron chi connectivity index (χ3n) is 9.66. The maximum Gasteiger partial charge on any atom is 0.0773 e. The molecule has 0 saturated heterocycles. The summed E-state index contributed by atoms with van der Waals surface area (Å²) in [6.45, 7) is 0. The molecule has 1 saturated carbocycles. The van der Waals surface area contributed by atoms with Crippen LogP contribution in [-0.4, -0.2) is 14.1 Å². The van der Waals surface area contributed by atoms with Gasteiger partial charge in [-0.2, -0.15) is 0 Å². The van der Waals surface area contributed by atoms with Crippen molar-refractivity contribution in [2.24, 2.45) is 0 Å². The van der Waals surface area contributed by atoms with Crippen LogP contribution in [0.15, 0.2) is 128 Å². The zero-order valence-corrected chi connectivity index (χ0v) is 24.1.